The van der Waals surface area contributed by atoms with Crippen molar-refractivity contribution in [3.63, 3.8) is 0 Å². The lowest BCUT2D eigenvalue weighted by Crippen LogP contribution is -2.49. The SMILES string of the molecule is C=C1C[C@H](CCCO)O[C@H]1CC[C@H]1C[C@@H](C)C(=C)[C@@H](C[C@H]2O[C@H](C[C@H](CO[Si](C)(C)C(C)(C)C)O[Si](C)(C)C(C)(C)C)[C@H](OC)[C@H]2CS(=O)(=O)c2ccc(C)cc2)O1. The molecule has 0 amide bonds. The van der Waals surface area contributed by atoms with Crippen LogP contribution in [0.5, 0.6) is 0 Å². The molecule has 58 heavy (non-hydrogen) atoms. The van der Waals surface area contributed by atoms with Gasteiger partial charge in [-0.2, -0.15) is 0 Å². The van der Waals surface area contributed by atoms with Crippen LogP contribution in [-0.2, 0) is 37.6 Å². The Kier molecular flexibility index (Phi) is 17.0. The Morgan fingerprint density at radius 1 is 0.879 bits per heavy atom. The molecule has 0 spiro atoms. The van der Waals surface area contributed by atoms with Crippen LogP contribution in [0.3, 0.4) is 0 Å². The van der Waals surface area contributed by atoms with Crippen LogP contribution in [-0.4, -0.2) is 105 Å². The molecule has 1 N–H and O–H groups in total. The number of aliphatic hydroxyl groups excluding tert-OH is 1. The minimum atomic E-state index is -3.69. The highest BCUT2D eigenvalue weighted by Gasteiger charge is 2.50. The molecule has 3 saturated heterocycles. The molecule has 3 aliphatic heterocycles. The van der Waals surface area contributed by atoms with Crippen LogP contribution in [0.4, 0.5) is 0 Å². The van der Waals surface area contributed by atoms with E-state index in [9.17, 15) is 13.5 Å². The molecule has 3 fully saturated rings. The Hall–Kier alpha value is -1.20. The summed E-state index contributed by atoms with van der Waals surface area (Å²) in [4.78, 5) is 0.304. The van der Waals surface area contributed by atoms with Crippen molar-refractivity contribution in [2.24, 2.45) is 11.8 Å². The molecule has 0 bridgehead atoms. The maximum Gasteiger partial charge on any atom is 0.192 e. The molecular weight excluding hydrogens is 785 g/mol. The molecule has 3 heterocycles. The summed E-state index contributed by atoms with van der Waals surface area (Å²) in [5.41, 5.74) is 3.14. The van der Waals surface area contributed by atoms with Gasteiger partial charge in [-0.15, -0.1) is 0 Å². The van der Waals surface area contributed by atoms with Gasteiger partial charge >= 0.3 is 0 Å². The van der Waals surface area contributed by atoms with Crippen LogP contribution in [0.2, 0.25) is 36.3 Å². The topological polar surface area (TPSA) is 110 Å². The van der Waals surface area contributed by atoms with E-state index < -0.39 is 50.7 Å². The van der Waals surface area contributed by atoms with Crippen molar-refractivity contribution in [3.05, 3.63) is 54.1 Å². The summed E-state index contributed by atoms with van der Waals surface area (Å²) in [5, 5.41) is 9.32. The molecule has 0 saturated carbocycles. The molecule has 12 heteroatoms. The van der Waals surface area contributed by atoms with Crippen LogP contribution < -0.4 is 0 Å². The third-order valence-corrected chi connectivity index (χ3v) is 24.9. The second kappa shape index (κ2) is 19.9. The van der Waals surface area contributed by atoms with Gasteiger partial charge in [-0.3, -0.25) is 0 Å². The number of hydrogen-bond donors (Lipinski definition) is 1. The number of benzene rings is 1. The van der Waals surface area contributed by atoms with Crippen molar-refractivity contribution in [1.82, 2.24) is 0 Å². The lowest BCUT2D eigenvalue weighted by molar-refractivity contribution is -0.0782. The number of aliphatic hydroxyl groups is 1. The van der Waals surface area contributed by atoms with Gasteiger partial charge in [0.1, 0.15) is 0 Å². The molecular formula is C46H80O9SSi2. The number of methoxy groups -OCH3 is 1. The van der Waals surface area contributed by atoms with Crippen molar-refractivity contribution in [2.45, 2.75) is 197 Å². The first-order valence-electron chi connectivity index (χ1n) is 21.9. The summed E-state index contributed by atoms with van der Waals surface area (Å²) in [5.74, 6) is -0.330. The number of sulfone groups is 1. The minimum Gasteiger partial charge on any atom is -0.414 e. The smallest absolute Gasteiger partial charge is 0.192 e. The van der Waals surface area contributed by atoms with Crippen LogP contribution >= 0.6 is 0 Å². The molecule has 0 aliphatic carbocycles. The van der Waals surface area contributed by atoms with E-state index in [0.717, 1.165) is 55.2 Å². The second-order valence-electron chi connectivity index (χ2n) is 20.7. The van der Waals surface area contributed by atoms with E-state index in [-0.39, 0.29) is 58.9 Å². The average molecular weight is 865 g/mol. The predicted molar refractivity (Wildman–Crippen MR) is 240 cm³/mol. The first kappa shape index (κ1) is 49.5. The maximum absolute atomic E-state index is 14.2. The summed E-state index contributed by atoms with van der Waals surface area (Å²) in [6.45, 7) is 36.1. The molecule has 3 aliphatic rings. The van der Waals surface area contributed by atoms with Crippen molar-refractivity contribution < 1.29 is 41.3 Å². The number of hydrogen-bond acceptors (Lipinski definition) is 9. The Morgan fingerprint density at radius 2 is 1.50 bits per heavy atom. The number of rotatable bonds is 19. The van der Waals surface area contributed by atoms with Crippen LogP contribution in [0, 0.1) is 18.8 Å². The van der Waals surface area contributed by atoms with Gasteiger partial charge in [0.2, 0.25) is 0 Å². The molecule has 9 nitrogen and oxygen atoms in total. The van der Waals surface area contributed by atoms with E-state index in [1.807, 2.05) is 19.1 Å². The Balaban J connectivity index is 1.61. The highest BCUT2D eigenvalue weighted by atomic mass is 32.2. The molecule has 0 radical (unpaired) electrons. The summed E-state index contributed by atoms with van der Waals surface area (Å²) in [6, 6.07) is 7.10. The van der Waals surface area contributed by atoms with Crippen LogP contribution in [0.25, 0.3) is 0 Å². The Bertz CT molecular complexity index is 1610. The fraction of sp³-hybridized carbons (Fsp3) is 0.783. The molecule has 332 valence electrons. The van der Waals surface area contributed by atoms with Gasteiger partial charge in [0.05, 0.1) is 66.1 Å². The predicted octanol–water partition coefficient (Wildman–Crippen LogP) is 9.98. The maximum atomic E-state index is 14.2. The fourth-order valence-corrected chi connectivity index (χ4v) is 12.2. The Labute approximate surface area is 355 Å². The highest BCUT2D eigenvalue weighted by Crippen LogP contribution is 2.44. The average Bonchev–Trinajstić information content (AvgIpc) is 3.63. The zero-order valence-corrected chi connectivity index (χ0v) is 41.2. The highest BCUT2D eigenvalue weighted by molar-refractivity contribution is 7.91. The summed E-state index contributed by atoms with van der Waals surface area (Å²) in [6.07, 6.45) is 4.10. The van der Waals surface area contributed by atoms with Gasteiger partial charge in [0.25, 0.3) is 0 Å². The largest absolute Gasteiger partial charge is 0.414 e. The van der Waals surface area contributed by atoms with Crippen molar-refractivity contribution in [3.8, 4) is 0 Å². The zero-order valence-electron chi connectivity index (χ0n) is 38.4. The summed E-state index contributed by atoms with van der Waals surface area (Å²) in [7, 11) is -6.38. The molecule has 10 atom stereocenters. The second-order valence-corrected chi connectivity index (χ2v) is 32.3. The quantitative estimate of drug-likeness (QED) is 0.107. The van der Waals surface area contributed by atoms with E-state index in [2.05, 4.69) is 87.8 Å². The van der Waals surface area contributed by atoms with Gasteiger partial charge in [0.15, 0.2) is 26.5 Å². The number of ether oxygens (including phenoxy) is 4. The summed E-state index contributed by atoms with van der Waals surface area (Å²) < 4.78 is 68.9. The van der Waals surface area contributed by atoms with Gasteiger partial charge < -0.3 is 32.9 Å². The van der Waals surface area contributed by atoms with Gasteiger partial charge in [-0.25, -0.2) is 8.42 Å². The first-order chi connectivity index (χ1) is 26.8. The van der Waals surface area contributed by atoms with Crippen molar-refractivity contribution in [1.29, 1.82) is 0 Å². The first-order valence-corrected chi connectivity index (χ1v) is 29.3. The monoisotopic (exact) mass is 865 g/mol. The zero-order chi connectivity index (χ0) is 43.4. The normalized spacial score (nSPS) is 29.7. The van der Waals surface area contributed by atoms with Gasteiger partial charge in [-0.1, -0.05) is 79.3 Å². The van der Waals surface area contributed by atoms with E-state index in [1.165, 1.54) is 0 Å². The molecule has 1 aromatic rings. The molecule has 1 aromatic carbocycles. The van der Waals surface area contributed by atoms with E-state index in [4.69, 9.17) is 27.8 Å². The third-order valence-electron chi connectivity index (χ3n) is 14.1. The van der Waals surface area contributed by atoms with Crippen LogP contribution in [0.15, 0.2) is 53.5 Å². The van der Waals surface area contributed by atoms with Crippen LogP contribution in [0.1, 0.15) is 105 Å². The fourth-order valence-electron chi connectivity index (χ4n) is 8.20. The molecule has 0 unspecified atom stereocenters. The van der Waals surface area contributed by atoms with Gasteiger partial charge in [0, 0.05) is 32.5 Å². The Morgan fingerprint density at radius 3 is 2.09 bits per heavy atom. The van der Waals surface area contributed by atoms with E-state index in [1.54, 1.807) is 19.2 Å². The lowest BCUT2D eigenvalue weighted by atomic mass is 9.83. The molecule has 0 aromatic heterocycles. The number of aryl methyl sites for hydroxylation is 1. The van der Waals surface area contributed by atoms with Crippen molar-refractivity contribution >= 4 is 26.5 Å². The minimum absolute atomic E-state index is 0.00147. The van der Waals surface area contributed by atoms with E-state index in [0.29, 0.717) is 24.3 Å². The van der Waals surface area contributed by atoms with Gasteiger partial charge in [-0.05, 0) is 111 Å². The van der Waals surface area contributed by atoms with E-state index >= 15 is 0 Å². The summed E-state index contributed by atoms with van der Waals surface area (Å²) >= 11 is 0. The lowest BCUT2D eigenvalue weighted by Gasteiger charge is -2.42. The molecule has 4 rings (SSSR count). The van der Waals surface area contributed by atoms with Crippen molar-refractivity contribution in [2.75, 3.05) is 26.1 Å². The third kappa shape index (κ3) is 12.7. The standard InChI is InChI=1S/C46H80O9SSi2/c1-31-18-21-38(22-19-31)56(48,49)30-39-42(28-41-34(4)32(2)25-36(53-41)20-23-40-33(3)26-35(52-40)17-16-24-47)54-43(44(39)50-11)27-37(55-58(14,15)46(8,9)10)29-51-57(12,13)45(5,6)7/h18-19,21-22,32,35-37,39-44,47H,3-4,16-17,20,23-30H2,1-2,5-15H3/t32-,35+,36+,37-,39+,40+,41-,42-,43-,44-/m1/s1.